The van der Waals surface area contributed by atoms with Crippen molar-refractivity contribution in [3.8, 4) is 11.3 Å². The van der Waals surface area contributed by atoms with Gasteiger partial charge in [0.15, 0.2) is 0 Å². The first kappa shape index (κ1) is 14.3. The normalized spacial score (nSPS) is 10.8. The lowest BCUT2D eigenvalue weighted by Gasteiger charge is -2.06. The third-order valence-electron chi connectivity index (χ3n) is 3.54. The molecule has 0 aliphatic carbocycles. The summed E-state index contributed by atoms with van der Waals surface area (Å²) in [7, 11) is 0. The van der Waals surface area contributed by atoms with Crippen LogP contribution in [0.15, 0.2) is 42.7 Å². The summed E-state index contributed by atoms with van der Waals surface area (Å²) in [5, 5.41) is 2.92. The third kappa shape index (κ3) is 2.70. The quantitative estimate of drug-likeness (QED) is 0.802. The van der Waals surface area contributed by atoms with Crippen LogP contribution in [0, 0.1) is 6.92 Å². The molecule has 1 N–H and O–H groups in total. The number of imidazole rings is 1. The van der Waals surface area contributed by atoms with E-state index >= 15 is 0 Å². The van der Waals surface area contributed by atoms with E-state index in [2.05, 4.69) is 15.3 Å². The summed E-state index contributed by atoms with van der Waals surface area (Å²) in [6, 6.07) is 9.63. The Morgan fingerprint density at radius 2 is 2.18 bits per heavy atom. The van der Waals surface area contributed by atoms with Crippen molar-refractivity contribution in [3.05, 3.63) is 48.4 Å². The molecule has 1 amide bonds. The van der Waals surface area contributed by atoms with E-state index in [9.17, 15) is 4.79 Å². The number of amides is 1. The molecule has 2 heterocycles. The Kier molecular flexibility index (Phi) is 3.87. The van der Waals surface area contributed by atoms with Gasteiger partial charge in [-0.15, -0.1) is 0 Å². The van der Waals surface area contributed by atoms with Gasteiger partial charge >= 0.3 is 0 Å². The van der Waals surface area contributed by atoms with E-state index in [0.717, 1.165) is 29.1 Å². The predicted molar refractivity (Wildman–Crippen MR) is 86.7 cm³/mol. The lowest BCUT2D eigenvalue weighted by atomic mass is 10.1. The highest BCUT2D eigenvalue weighted by atomic mass is 16.1. The number of hydrogen-bond acceptors (Lipinski definition) is 3. The number of carbonyl (C=O) groups is 1. The van der Waals surface area contributed by atoms with Gasteiger partial charge in [0.25, 0.3) is 0 Å². The van der Waals surface area contributed by atoms with Crippen molar-refractivity contribution in [3.63, 3.8) is 0 Å². The lowest BCUT2D eigenvalue weighted by molar-refractivity contribution is -0.116. The maximum absolute atomic E-state index is 11.7. The molecule has 0 unspecified atom stereocenters. The summed E-state index contributed by atoms with van der Waals surface area (Å²) in [5.74, 6) is 0.712. The third-order valence-corrected chi connectivity index (χ3v) is 3.54. The standard InChI is InChI=1S/C17H18N4O/c1-3-6-15(22)19-14-8-4-7-13(11-14)16-12(2)21-10-5-9-18-17(21)20-16/h4-5,7-11H,3,6H2,1-2H3,(H,19,22). The van der Waals surface area contributed by atoms with Crippen LogP contribution in [0.4, 0.5) is 5.69 Å². The molecular weight excluding hydrogens is 276 g/mol. The van der Waals surface area contributed by atoms with Crippen LogP contribution >= 0.6 is 0 Å². The minimum Gasteiger partial charge on any atom is -0.326 e. The summed E-state index contributed by atoms with van der Waals surface area (Å²) in [5.41, 5.74) is 3.67. The summed E-state index contributed by atoms with van der Waals surface area (Å²) < 4.78 is 1.96. The van der Waals surface area contributed by atoms with E-state index in [4.69, 9.17) is 0 Å². The Bertz CT molecular complexity index is 822. The second-order valence-electron chi connectivity index (χ2n) is 5.21. The molecule has 112 valence electrons. The number of carbonyl (C=O) groups excluding carboxylic acids is 1. The SMILES string of the molecule is CCCC(=O)Nc1cccc(-c2nc3ncccn3c2C)c1. The van der Waals surface area contributed by atoms with Crippen LogP contribution in [0.3, 0.4) is 0 Å². The van der Waals surface area contributed by atoms with Gasteiger partial charge in [-0.2, -0.15) is 0 Å². The first-order chi connectivity index (χ1) is 10.7. The van der Waals surface area contributed by atoms with Gasteiger partial charge in [-0.1, -0.05) is 19.1 Å². The fourth-order valence-corrected chi connectivity index (χ4v) is 2.47. The molecule has 3 rings (SSSR count). The smallest absolute Gasteiger partial charge is 0.234 e. The first-order valence-electron chi connectivity index (χ1n) is 7.39. The highest BCUT2D eigenvalue weighted by Crippen LogP contribution is 2.25. The molecule has 0 aliphatic heterocycles. The van der Waals surface area contributed by atoms with Crippen LogP contribution in [0.25, 0.3) is 17.0 Å². The summed E-state index contributed by atoms with van der Waals surface area (Å²) in [6.07, 6.45) is 5.04. The van der Waals surface area contributed by atoms with Crippen LogP contribution in [0.2, 0.25) is 0 Å². The molecule has 0 radical (unpaired) electrons. The summed E-state index contributed by atoms with van der Waals surface area (Å²) >= 11 is 0. The topological polar surface area (TPSA) is 59.3 Å². The fraction of sp³-hybridized carbons (Fsp3) is 0.235. The molecule has 22 heavy (non-hydrogen) atoms. The molecule has 3 aromatic rings. The Labute approximate surface area is 129 Å². The van der Waals surface area contributed by atoms with Crippen molar-refractivity contribution in [1.29, 1.82) is 0 Å². The van der Waals surface area contributed by atoms with Gasteiger partial charge in [0, 0.05) is 35.8 Å². The molecule has 5 nitrogen and oxygen atoms in total. The van der Waals surface area contributed by atoms with Gasteiger partial charge in [0.05, 0.1) is 5.69 Å². The van der Waals surface area contributed by atoms with E-state index < -0.39 is 0 Å². The number of nitrogens with one attached hydrogen (secondary N) is 1. The van der Waals surface area contributed by atoms with E-state index in [1.165, 1.54) is 0 Å². The number of benzene rings is 1. The number of anilines is 1. The summed E-state index contributed by atoms with van der Waals surface area (Å²) in [6.45, 7) is 4.00. The fourth-order valence-electron chi connectivity index (χ4n) is 2.47. The molecule has 5 heteroatoms. The number of rotatable bonds is 4. The van der Waals surface area contributed by atoms with Crippen LogP contribution in [0.5, 0.6) is 0 Å². The zero-order chi connectivity index (χ0) is 15.5. The molecule has 2 aromatic heterocycles. The second kappa shape index (κ2) is 5.97. The number of hydrogen-bond donors (Lipinski definition) is 1. The number of fused-ring (bicyclic) bond motifs is 1. The Hall–Kier alpha value is -2.69. The number of aromatic nitrogens is 3. The zero-order valence-electron chi connectivity index (χ0n) is 12.7. The van der Waals surface area contributed by atoms with Gasteiger partial charge in [-0.3, -0.25) is 9.20 Å². The van der Waals surface area contributed by atoms with E-state index in [1.807, 2.05) is 54.8 Å². The average Bonchev–Trinajstić information content (AvgIpc) is 2.85. The average molecular weight is 294 g/mol. The highest BCUT2D eigenvalue weighted by Gasteiger charge is 2.11. The Morgan fingerprint density at radius 3 is 2.95 bits per heavy atom. The highest BCUT2D eigenvalue weighted by molar-refractivity contribution is 5.91. The van der Waals surface area contributed by atoms with E-state index in [0.29, 0.717) is 12.2 Å². The number of nitrogens with zero attached hydrogens (tertiary/aromatic N) is 3. The van der Waals surface area contributed by atoms with Crippen molar-refractivity contribution in [2.75, 3.05) is 5.32 Å². The Morgan fingerprint density at radius 1 is 1.32 bits per heavy atom. The van der Waals surface area contributed by atoms with Gasteiger partial charge in [0.2, 0.25) is 11.7 Å². The molecule has 0 fully saturated rings. The van der Waals surface area contributed by atoms with E-state index in [-0.39, 0.29) is 5.91 Å². The lowest BCUT2D eigenvalue weighted by Crippen LogP contribution is -2.10. The molecule has 0 aliphatic rings. The van der Waals surface area contributed by atoms with Crippen molar-refractivity contribution >= 4 is 17.4 Å². The minimum absolute atomic E-state index is 0.0352. The van der Waals surface area contributed by atoms with Crippen LogP contribution in [-0.4, -0.2) is 20.3 Å². The van der Waals surface area contributed by atoms with Crippen molar-refractivity contribution in [2.45, 2.75) is 26.7 Å². The maximum Gasteiger partial charge on any atom is 0.234 e. The monoisotopic (exact) mass is 294 g/mol. The minimum atomic E-state index is 0.0352. The molecule has 0 saturated heterocycles. The molecule has 0 saturated carbocycles. The molecule has 1 aromatic carbocycles. The Balaban J connectivity index is 1.97. The molecule has 0 bridgehead atoms. The van der Waals surface area contributed by atoms with Gasteiger partial charge < -0.3 is 5.32 Å². The maximum atomic E-state index is 11.7. The van der Waals surface area contributed by atoms with Gasteiger partial charge in [0.1, 0.15) is 0 Å². The van der Waals surface area contributed by atoms with Crippen LogP contribution < -0.4 is 5.32 Å². The van der Waals surface area contributed by atoms with Crippen LogP contribution in [0.1, 0.15) is 25.5 Å². The van der Waals surface area contributed by atoms with Crippen molar-refractivity contribution in [1.82, 2.24) is 14.4 Å². The zero-order valence-corrected chi connectivity index (χ0v) is 12.7. The van der Waals surface area contributed by atoms with Gasteiger partial charge in [-0.25, -0.2) is 9.97 Å². The largest absolute Gasteiger partial charge is 0.326 e. The number of aryl methyl sites for hydroxylation is 1. The van der Waals surface area contributed by atoms with Crippen molar-refractivity contribution in [2.24, 2.45) is 0 Å². The van der Waals surface area contributed by atoms with Crippen LogP contribution in [-0.2, 0) is 4.79 Å². The summed E-state index contributed by atoms with van der Waals surface area (Å²) in [4.78, 5) is 20.6. The van der Waals surface area contributed by atoms with E-state index in [1.54, 1.807) is 6.20 Å². The first-order valence-corrected chi connectivity index (χ1v) is 7.39. The molecule has 0 atom stereocenters. The predicted octanol–water partition coefficient (Wildman–Crippen LogP) is 3.44. The van der Waals surface area contributed by atoms with Crippen molar-refractivity contribution < 1.29 is 4.79 Å². The van der Waals surface area contributed by atoms with Gasteiger partial charge in [-0.05, 0) is 31.5 Å². The molecule has 0 spiro atoms. The molecular formula is C17H18N4O. The second-order valence-corrected chi connectivity index (χ2v) is 5.21.